The van der Waals surface area contributed by atoms with Gasteiger partial charge in [0.1, 0.15) is 5.57 Å². The maximum absolute atomic E-state index is 13.2. The normalized spacial score (nSPS) is 15.1. The molecule has 178 valence electrons. The van der Waals surface area contributed by atoms with E-state index in [2.05, 4.69) is 5.32 Å². The van der Waals surface area contributed by atoms with Crippen molar-refractivity contribution in [2.75, 3.05) is 4.90 Å². The summed E-state index contributed by atoms with van der Waals surface area (Å²) in [6, 6.07) is 10.5. The number of urea groups is 1. The Balaban J connectivity index is 1.78. The molecule has 0 spiro atoms. The first-order valence-electron chi connectivity index (χ1n) is 10.6. The Morgan fingerprint density at radius 1 is 0.943 bits per heavy atom. The van der Waals surface area contributed by atoms with Crippen molar-refractivity contribution in [3.05, 3.63) is 91.3 Å². The van der Waals surface area contributed by atoms with E-state index in [0.29, 0.717) is 27.5 Å². The minimum Gasteiger partial charge on any atom is -0.318 e. The summed E-state index contributed by atoms with van der Waals surface area (Å²) in [6.45, 7) is 7.04. The van der Waals surface area contributed by atoms with E-state index in [1.54, 1.807) is 55.7 Å². The number of carbonyl (C=O) groups excluding carboxylic acids is 3. The zero-order valence-corrected chi connectivity index (χ0v) is 20.1. The van der Waals surface area contributed by atoms with Gasteiger partial charge >= 0.3 is 6.03 Å². The second kappa shape index (κ2) is 8.84. The number of hydrogen-bond acceptors (Lipinski definition) is 5. The van der Waals surface area contributed by atoms with Crippen LogP contribution in [0.4, 0.5) is 16.2 Å². The molecule has 0 radical (unpaired) electrons. The van der Waals surface area contributed by atoms with Gasteiger partial charge in [0.25, 0.3) is 17.5 Å². The van der Waals surface area contributed by atoms with Crippen molar-refractivity contribution in [2.45, 2.75) is 27.7 Å². The van der Waals surface area contributed by atoms with Crippen molar-refractivity contribution in [3.8, 4) is 5.69 Å². The molecule has 2 heterocycles. The highest BCUT2D eigenvalue weighted by molar-refractivity contribution is 6.39. The lowest BCUT2D eigenvalue weighted by molar-refractivity contribution is -0.385. The van der Waals surface area contributed by atoms with Crippen LogP contribution in [0.5, 0.6) is 0 Å². The Hall–Kier alpha value is -4.24. The smallest absolute Gasteiger partial charge is 0.318 e. The van der Waals surface area contributed by atoms with Crippen LogP contribution in [0, 0.1) is 37.8 Å². The SMILES string of the molecule is Cc1ccc(N2C(=O)NC(=O)/C(=C\c3cc(C)n(-c4ccc(C)c([N+](=O)[O-])c4)c3C)C2=O)cc1Cl. The standard InChI is InChI=1S/C25H21ClN4O5/c1-13-5-7-18(11-21(13)26)29-24(32)20(23(31)27-25(29)33)10-17-9-15(3)28(16(17)4)19-8-6-14(2)22(12-19)30(34)35/h5-12H,1-4H3,(H,27,31,33)/b20-10+. The van der Waals surface area contributed by atoms with E-state index in [1.807, 2.05) is 6.92 Å². The Morgan fingerprint density at radius 3 is 2.26 bits per heavy atom. The number of hydrogen-bond donors (Lipinski definition) is 1. The molecule has 1 aromatic heterocycles. The average molecular weight is 493 g/mol. The molecular formula is C25H21ClN4O5. The maximum atomic E-state index is 13.2. The lowest BCUT2D eigenvalue weighted by Crippen LogP contribution is -2.54. The molecule has 1 fully saturated rings. The number of anilines is 1. The van der Waals surface area contributed by atoms with Gasteiger partial charge in [-0.3, -0.25) is 25.0 Å². The Kier molecular flexibility index (Phi) is 6.04. The maximum Gasteiger partial charge on any atom is 0.335 e. The predicted molar refractivity (Wildman–Crippen MR) is 132 cm³/mol. The summed E-state index contributed by atoms with van der Waals surface area (Å²) in [7, 11) is 0. The first-order chi connectivity index (χ1) is 16.5. The molecule has 10 heteroatoms. The highest BCUT2D eigenvalue weighted by Crippen LogP contribution is 2.29. The van der Waals surface area contributed by atoms with E-state index in [-0.39, 0.29) is 16.9 Å². The number of aryl methyl sites for hydroxylation is 3. The number of carbonyl (C=O) groups is 3. The van der Waals surface area contributed by atoms with Gasteiger partial charge in [0.2, 0.25) is 0 Å². The van der Waals surface area contributed by atoms with Gasteiger partial charge in [-0.1, -0.05) is 23.7 Å². The summed E-state index contributed by atoms with van der Waals surface area (Å²) in [6.07, 6.45) is 1.41. The van der Waals surface area contributed by atoms with Crippen LogP contribution in [-0.4, -0.2) is 27.3 Å². The zero-order valence-electron chi connectivity index (χ0n) is 19.4. The van der Waals surface area contributed by atoms with Crippen LogP contribution >= 0.6 is 11.6 Å². The molecule has 3 aromatic rings. The van der Waals surface area contributed by atoms with Crippen LogP contribution in [0.1, 0.15) is 28.1 Å². The first-order valence-corrected chi connectivity index (χ1v) is 11.0. The topological polar surface area (TPSA) is 115 Å². The molecule has 9 nitrogen and oxygen atoms in total. The zero-order chi connectivity index (χ0) is 25.6. The van der Waals surface area contributed by atoms with Gasteiger partial charge in [0.15, 0.2) is 0 Å². The molecule has 0 atom stereocenters. The van der Waals surface area contributed by atoms with Crippen molar-refractivity contribution in [2.24, 2.45) is 0 Å². The summed E-state index contributed by atoms with van der Waals surface area (Å²) in [4.78, 5) is 50.1. The molecule has 2 aromatic carbocycles. The second-order valence-electron chi connectivity index (χ2n) is 8.28. The predicted octanol–water partition coefficient (Wildman–Crippen LogP) is 4.94. The molecule has 4 amide bonds. The number of barbiturate groups is 1. The fraction of sp³-hybridized carbons (Fsp3) is 0.160. The summed E-state index contributed by atoms with van der Waals surface area (Å²) in [5.74, 6) is -1.60. The number of halogens is 1. The van der Waals surface area contributed by atoms with E-state index < -0.39 is 22.8 Å². The number of nitro benzene ring substituents is 1. The average Bonchev–Trinajstić information content (AvgIpc) is 3.06. The molecule has 4 rings (SSSR count). The minimum absolute atomic E-state index is 0.0114. The van der Waals surface area contributed by atoms with E-state index >= 15 is 0 Å². The highest BCUT2D eigenvalue weighted by atomic mass is 35.5. The number of aromatic nitrogens is 1. The fourth-order valence-corrected chi connectivity index (χ4v) is 4.21. The largest absolute Gasteiger partial charge is 0.335 e. The number of rotatable bonds is 4. The molecular weight excluding hydrogens is 472 g/mol. The van der Waals surface area contributed by atoms with E-state index in [4.69, 9.17) is 11.6 Å². The number of nitrogens with zero attached hydrogens (tertiary/aromatic N) is 3. The Bertz CT molecular complexity index is 1470. The number of nitro groups is 1. The molecule has 0 bridgehead atoms. The third-order valence-electron chi connectivity index (χ3n) is 5.93. The van der Waals surface area contributed by atoms with E-state index in [9.17, 15) is 24.5 Å². The van der Waals surface area contributed by atoms with Crippen LogP contribution < -0.4 is 10.2 Å². The van der Waals surface area contributed by atoms with Crippen LogP contribution in [0.2, 0.25) is 5.02 Å². The number of nitrogens with one attached hydrogen (secondary N) is 1. The third kappa shape index (κ3) is 4.22. The second-order valence-corrected chi connectivity index (χ2v) is 8.69. The monoisotopic (exact) mass is 492 g/mol. The van der Waals surface area contributed by atoms with Crippen LogP contribution in [-0.2, 0) is 9.59 Å². The van der Waals surface area contributed by atoms with Crippen molar-refractivity contribution in [3.63, 3.8) is 0 Å². The van der Waals surface area contributed by atoms with Gasteiger partial charge < -0.3 is 4.57 Å². The summed E-state index contributed by atoms with van der Waals surface area (Å²) >= 11 is 6.17. The lowest BCUT2D eigenvalue weighted by atomic mass is 10.1. The number of benzene rings is 2. The van der Waals surface area contributed by atoms with Crippen LogP contribution in [0.25, 0.3) is 11.8 Å². The highest BCUT2D eigenvalue weighted by Gasteiger charge is 2.37. The van der Waals surface area contributed by atoms with Crippen molar-refractivity contribution < 1.29 is 19.3 Å². The molecule has 1 aliphatic rings. The molecule has 1 aliphatic heterocycles. The summed E-state index contributed by atoms with van der Waals surface area (Å²) in [5, 5.41) is 14.0. The van der Waals surface area contributed by atoms with Crippen LogP contribution in [0.3, 0.4) is 0 Å². The van der Waals surface area contributed by atoms with Crippen molar-refractivity contribution in [1.82, 2.24) is 9.88 Å². The Labute approximate surface area is 205 Å². The number of amides is 4. The molecule has 1 N–H and O–H groups in total. The molecule has 35 heavy (non-hydrogen) atoms. The molecule has 0 unspecified atom stereocenters. The summed E-state index contributed by atoms with van der Waals surface area (Å²) in [5.41, 5.74) is 3.85. The number of imide groups is 2. The fourth-order valence-electron chi connectivity index (χ4n) is 4.03. The molecule has 1 saturated heterocycles. The molecule has 0 aliphatic carbocycles. The van der Waals surface area contributed by atoms with Gasteiger partial charge in [-0.15, -0.1) is 0 Å². The first kappa shape index (κ1) is 23.9. The minimum atomic E-state index is -0.866. The van der Waals surface area contributed by atoms with Gasteiger partial charge in [0, 0.05) is 28.0 Å². The molecule has 0 saturated carbocycles. The van der Waals surface area contributed by atoms with Gasteiger partial charge in [-0.25, -0.2) is 9.69 Å². The summed E-state index contributed by atoms with van der Waals surface area (Å²) < 4.78 is 1.80. The van der Waals surface area contributed by atoms with Gasteiger partial charge in [-0.2, -0.15) is 0 Å². The van der Waals surface area contributed by atoms with Crippen LogP contribution in [0.15, 0.2) is 48.0 Å². The van der Waals surface area contributed by atoms with Crippen molar-refractivity contribution >= 4 is 46.9 Å². The van der Waals surface area contributed by atoms with E-state index in [0.717, 1.165) is 16.2 Å². The quantitative estimate of drug-likeness (QED) is 0.240. The van der Waals surface area contributed by atoms with Gasteiger partial charge in [0.05, 0.1) is 16.3 Å². The van der Waals surface area contributed by atoms with Crippen molar-refractivity contribution in [1.29, 1.82) is 0 Å². The lowest BCUT2D eigenvalue weighted by Gasteiger charge is -2.26. The Morgan fingerprint density at radius 2 is 1.60 bits per heavy atom. The van der Waals surface area contributed by atoms with E-state index in [1.165, 1.54) is 18.2 Å². The van der Waals surface area contributed by atoms with Gasteiger partial charge in [-0.05, 0) is 69.2 Å². The third-order valence-corrected chi connectivity index (χ3v) is 6.34.